The summed E-state index contributed by atoms with van der Waals surface area (Å²) in [6.45, 7) is 2.14. The summed E-state index contributed by atoms with van der Waals surface area (Å²) in [6.07, 6.45) is 0.638. The largest absolute Gasteiger partial charge is 0.454 e. The van der Waals surface area contributed by atoms with Crippen molar-refractivity contribution in [3.05, 3.63) is 69.0 Å². The number of hydrogen-bond acceptors (Lipinski definition) is 7. The molecule has 4 aromatic rings. The van der Waals surface area contributed by atoms with Gasteiger partial charge in [-0.3, -0.25) is 4.79 Å². The third kappa shape index (κ3) is 3.28. The average molecular weight is 434 g/mol. The van der Waals surface area contributed by atoms with Gasteiger partial charge in [-0.25, -0.2) is 4.98 Å². The van der Waals surface area contributed by atoms with E-state index in [1.54, 1.807) is 0 Å². The number of nitrogens with one attached hydrogen (secondary N) is 1. The molecule has 8 heteroatoms. The summed E-state index contributed by atoms with van der Waals surface area (Å²) in [5.74, 6) is 1.17. The highest BCUT2D eigenvalue weighted by Crippen LogP contribution is 2.37. The van der Waals surface area contributed by atoms with E-state index in [0.29, 0.717) is 22.0 Å². The van der Waals surface area contributed by atoms with Crippen LogP contribution in [0, 0.1) is 18.3 Å². The van der Waals surface area contributed by atoms with Gasteiger partial charge in [0.05, 0.1) is 15.8 Å². The van der Waals surface area contributed by atoms with Crippen LogP contribution in [0.1, 0.15) is 31.4 Å². The van der Waals surface area contributed by atoms with E-state index in [1.165, 1.54) is 22.7 Å². The third-order valence-electron chi connectivity index (χ3n) is 4.87. The summed E-state index contributed by atoms with van der Waals surface area (Å²) in [6, 6.07) is 15.7. The predicted octanol–water partition coefficient (Wildman–Crippen LogP) is 5.11. The normalized spacial score (nSPS) is 12.1. The SMILES string of the molecule is Cc1c(Cc2ccc3c(c2)OCO3)sc(NC(=O)c2nc3ccccc3s2)c1C#N. The van der Waals surface area contributed by atoms with Crippen LogP contribution in [-0.2, 0) is 6.42 Å². The van der Waals surface area contributed by atoms with Gasteiger partial charge >= 0.3 is 0 Å². The fourth-order valence-electron chi connectivity index (χ4n) is 3.31. The highest BCUT2D eigenvalue weighted by Gasteiger charge is 2.20. The second kappa shape index (κ2) is 7.44. The van der Waals surface area contributed by atoms with Crippen LogP contribution in [0.5, 0.6) is 11.5 Å². The lowest BCUT2D eigenvalue weighted by atomic mass is 10.1. The molecule has 0 saturated carbocycles. The number of nitrogens with zero attached hydrogens (tertiary/aromatic N) is 2. The van der Waals surface area contributed by atoms with E-state index in [-0.39, 0.29) is 12.7 Å². The van der Waals surface area contributed by atoms with Gasteiger partial charge in [0.25, 0.3) is 5.91 Å². The Morgan fingerprint density at radius 2 is 2.03 bits per heavy atom. The lowest BCUT2D eigenvalue weighted by Crippen LogP contribution is -2.11. The summed E-state index contributed by atoms with van der Waals surface area (Å²) in [4.78, 5) is 18.2. The van der Waals surface area contributed by atoms with E-state index in [9.17, 15) is 10.1 Å². The maximum absolute atomic E-state index is 12.8. The molecular formula is C22H15N3O3S2. The molecule has 1 aliphatic heterocycles. The first kappa shape index (κ1) is 18.6. The van der Waals surface area contributed by atoms with Crippen LogP contribution in [-0.4, -0.2) is 17.7 Å². The lowest BCUT2D eigenvalue weighted by molar-refractivity contribution is 0.102. The molecule has 30 heavy (non-hydrogen) atoms. The van der Waals surface area contributed by atoms with Crippen molar-refractivity contribution >= 4 is 43.8 Å². The van der Waals surface area contributed by atoms with Crippen molar-refractivity contribution in [2.45, 2.75) is 13.3 Å². The van der Waals surface area contributed by atoms with Crippen molar-refractivity contribution in [2.24, 2.45) is 0 Å². The molecule has 1 aliphatic rings. The molecular weight excluding hydrogens is 418 g/mol. The van der Waals surface area contributed by atoms with Gasteiger partial charge in [0.2, 0.25) is 6.79 Å². The minimum atomic E-state index is -0.302. The van der Waals surface area contributed by atoms with Gasteiger partial charge in [-0.05, 0) is 42.3 Å². The predicted molar refractivity (Wildman–Crippen MR) is 117 cm³/mol. The molecule has 1 N–H and O–H groups in total. The van der Waals surface area contributed by atoms with Crippen molar-refractivity contribution in [1.29, 1.82) is 5.26 Å². The first-order valence-corrected chi connectivity index (χ1v) is 10.8. The Bertz CT molecular complexity index is 1300. The van der Waals surface area contributed by atoms with Crippen LogP contribution < -0.4 is 14.8 Å². The Balaban J connectivity index is 1.41. The van der Waals surface area contributed by atoms with Crippen LogP contribution in [0.25, 0.3) is 10.2 Å². The molecule has 6 nitrogen and oxygen atoms in total. The summed E-state index contributed by atoms with van der Waals surface area (Å²) >= 11 is 2.75. The number of ether oxygens (including phenoxy) is 2. The quantitative estimate of drug-likeness (QED) is 0.483. The van der Waals surface area contributed by atoms with E-state index in [0.717, 1.165) is 37.7 Å². The number of carbonyl (C=O) groups is 1. The van der Waals surface area contributed by atoms with Gasteiger partial charge in [0, 0.05) is 11.3 Å². The highest BCUT2D eigenvalue weighted by molar-refractivity contribution is 7.20. The molecule has 2 aromatic heterocycles. The van der Waals surface area contributed by atoms with E-state index in [1.807, 2.05) is 49.4 Å². The van der Waals surface area contributed by atoms with Gasteiger partial charge < -0.3 is 14.8 Å². The van der Waals surface area contributed by atoms with E-state index < -0.39 is 0 Å². The number of nitriles is 1. The summed E-state index contributed by atoms with van der Waals surface area (Å²) in [5, 5.41) is 13.5. The number of amides is 1. The van der Waals surface area contributed by atoms with Gasteiger partial charge in [-0.1, -0.05) is 18.2 Å². The van der Waals surface area contributed by atoms with Gasteiger partial charge in [-0.2, -0.15) is 5.26 Å². The number of para-hydroxylation sites is 1. The van der Waals surface area contributed by atoms with Crippen LogP contribution in [0.4, 0.5) is 5.00 Å². The first-order chi connectivity index (χ1) is 14.6. The molecule has 1 amide bonds. The number of hydrogen-bond donors (Lipinski definition) is 1. The summed E-state index contributed by atoms with van der Waals surface area (Å²) in [5.41, 5.74) is 3.21. The van der Waals surface area contributed by atoms with Crippen molar-refractivity contribution in [1.82, 2.24) is 4.98 Å². The molecule has 5 rings (SSSR count). The standard InChI is InChI=1S/C22H15N3O3S2/c1-12-14(10-23)21(25-20(26)22-24-15-4-2-3-5-18(15)29-22)30-19(12)9-13-6-7-16-17(8-13)28-11-27-16/h2-8H,9,11H2,1H3,(H,25,26). The van der Waals surface area contributed by atoms with Crippen molar-refractivity contribution in [2.75, 3.05) is 12.1 Å². The van der Waals surface area contributed by atoms with E-state index in [2.05, 4.69) is 16.4 Å². The average Bonchev–Trinajstić information content (AvgIpc) is 3.45. The number of carbonyl (C=O) groups excluding carboxylic acids is 1. The zero-order valence-corrected chi connectivity index (χ0v) is 17.5. The molecule has 2 aromatic carbocycles. The Labute approximate surface area is 180 Å². The van der Waals surface area contributed by atoms with E-state index in [4.69, 9.17) is 9.47 Å². The minimum absolute atomic E-state index is 0.233. The maximum atomic E-state index is 12.8. The van der Waals surface area contributed by atoms with Crippen LogP contribution in [0.2, 0.25) is 0 Å². The van der Waals surface area contributed by atoms with Gasteiger partial charge in [0.1, 0.15) is 11.1 Å². The molecule has 0 fully saturated rings. The smallest absolute Gasteiger partial charge is 0.285 e. The number of thiazole rings is 1. The topological polar surface area (TPSA) is 84.2 Å². The zero-order valence-electron chi connectivity index (χ0n) is 15.9. The Kier molecular flexibility index (Phi) is 4.62. The highest BCUT2D eigenvalue weighted by atomic mass is 32.1. The number of thiophene rings is 1. The zero-order chi connectivity index (χ0) is 20.7. The Morgan fingerprint density at radius 1 is 1.20 bits per heavy atom. The number of aromatic nitrogens is 1. The summed E-state index contributed by atoms with van der Waals surface area (Å²) in [7, 11) is 0. The fourth-order valence-corrected chi connectivity index (χ4v) is 5.36. The van der Waals surface area contributed by atoms with Crippen LogP contribution in [0.15, 0.2) is 42.5 Å². The van der Waals surface area contributed by atoms with Crippen LogP contribution >= 0.6 is 22.7 Å². The van der Waals surface area contributed by atoms with Crippen molar-refractivity contribution in [3.63, 3.8) is 0 Å². The molecule has 0 atom stereocenters. The lowest BCUT2D eigenvalue weighted by Gasteiger charge is -2.02. The molecule has 0 saturated heterocycles. The Morgan fingerprint density at radius 3 is 2.87 bits per heavy atom. The minimum Gasteiger partial charge on any atom is -0.454 e. The molecule has 3 heterocycles. The summed E-state index contributed by atoms with van der Waals surface area (Å²) < 4.78 is 11.8. The van der Waals surface area contributed by atoms with Crippen molar-refractivity contribution < 1.29 is 14.3 Å². The van der Waals surface area contributed by atoms with Crippen LogP contribution in [0.3, 0.4) is 0 Å². The number of rotatable bonds is 4. The number of anilines is 1. The van der Waals surface area contributed by atoms with Gasteiger partial charge in [-0.15, -0.1) is 22.7 Å². The number of fused-ring (bicyclic) bond motifs is 2. The second-order valence-electron chi connectivity index (χ2n) is 6.77. The van der Waals surface area contributed by atoms with Crippen molar-refractivity contribution in [3.8, 4) is 17.6 Å². The fraction of sp³-hybridized carbons (Fsp3) is 0.136. The molecule has 148 valence electrons. The molecule has 0 radical (unpaired) electrons. The molecule has 0 aliphatic carbocycles. The maximum Gasteiger partial charge on any atom is 0.285 e. The van der Waals surface area contributed by atoms with Gasteiger partial charge in [0.15, 0.2) is 16.5 Å². The second-order valence-corrected chi connectivity index (χ2v) is 8.91. The monoisotopic (exact) mass is 433 g/mol. The molecule has 0 bridgehead atoms. The molecule has 0 spiro atoms. The first-order valence-electron chi connectivity index (χ1n) is 9.20. The Hall–Kier alpha value is -3.41. The molecule has 0 unspecified atom stereocenters. The third-order valence-corrected chi connectivity index (χ3v) is 7.12. The number of benzene rings is 2. The van der Waals surface area contributed by atoms with E-state index >= 15 is 0 Å².